The maximum Gasteiger partial charge on any atom is 0.495 e. The van der Waals surface area contributed by atoms with Gasteiger partial charge in [-0.3, -0.25) is 9.69 Å². The Morgan fingerprint density at radius 2 is 1.67 bits per heavy atom. The standard InChI is InChI=1S/C25H29BF3N3O4/c1-15-7-8-16(13-18(15)26-35-23(2,3)24(4,5)36-26)21(33)30-19-14-17(25(27,28)29)9-10-20(19)32-12-11-31(6)22(32)34/h7-10,13-14H,11-12H2,1-6H3,(H,30,33). The quantitative estimate of drug-likeness (QED) is 0.627. The number of urea groups is 1. The number of likely N-dealkylation sites (N-methyl/N-ethyl adjacent to an activating group) is 1. The van der Waals surface area contributed by atoms with Crippen molar-refractivity contribution in [1.82, 2.24) is 4.90 Å². The van der Waals surface area contributed by atoms with Crippen LogP contribution in [0.25, 0.3) is 0 Å². The number of amides is 3. The first kappa shape index (κ1) is 26.0. The average Bonchev–Trinajstić information content (AvgIpc) is 3.21. The summed E-state index contributed by atoms with van der Waals surface area (Å²) in [6.07, 6.45) is -4.61. The molecule has 0 spiro atoms. The fourth-order valence-electron chi connectivity index (χ4n) is 4.12. The molecule has 2 saturated heterocycles. The lowest BCUT2D eigenvalue weighted by atomic mass is 9.75. The number of benzene rings is 2. The zero-order valence-electron chi connectivity index (χ0n) is 21.1. The van der Waals surface area contributed by atoms with E-state index < -0.39 is 36.0 Å². The predicted octanol–water partition coefficient (Wildman–Crippen LogP) is 4.44. The van der Waals surface area contributed by atoms with Crippen LogP contribution < -0.4 is 15.7 Å². The van der Waals surface area contributed by atoms with E-state index in [2.05, 4.69) is 5.32 Å². The second-order valence-electron chi connectivity index (χ2n) is 10.2. The molecule has 192 valence electrons. The van der Waals surface area contributed by atoms with Crippen molar-refractivity contribution in [1.29, 1.82) is 0 Å². The number of anilines is 2. The third kappa shape index (κ3) is 4.69. The number of alkyl halides is 3. The Kier molecular flexibility index (Phi) is 6.37. The number of nitrogens with one attached hydrogen (secondary N) is 1. The van der Waals surface area contributed by atoms with Crippen LogP contribution in [0.3, 0.4) is 0 Å². The van der Waals surface area contributed by atoms with Crippen molar-refractivity contribution in [2.24, 2.45) is 0 Å². The molecule has 36 heavy (non-hydrogen) atoms. The fraction of sp³-hybridized carbons (Fsp3) is 0.440. The molecule has 11 heteroatoms. The Labute approximate surface area is 208 Å². The topological polar surface area (TPSA) is 71.1 Å². The Hall–Kier alpha value is -3.05. The summed E-state index contributed by atoms with van der Waals surface area (Å²) in [5.41, 5.74) is -0.269. The van der Waals surface area contributed by atoms with Gasteiger partial charge in [0.05, 0.1) is 28.1 Å². The summed E-state index contributed by atoms with van der Waals surface area (Å²) in [5.74, 6) is -0.617. The van der Waals surface area contributed by atoms with E-state index in [-0.39, 0.29) is 23.0 Å². The first-order chi connectivity index (χ1) is 16.6. The van der Waals surface area contributed by atoms with E-state index in [0.29, 0.717) is 18.6 Å². The van der Waals surface area contributed by atoms with Crippen molar-refractivity contribution in [3.63, 3.8) is 0 Å². The Morgan fingerprint density at radius 1 is 1.03 bits per heavy atom. The van der Waals surface area contributed by atoms with Gasteiger partial charge in [0.1, 0.15) is 0 Å². The number of halogens is 3. The lowest BCUT2D eigenvalue weighted by Gasteiger charge is -2.32. The number of hydrogen-bond acceptors (Lipinski definition) is 4. The summed E-state index contributed by atoms with van der Waals surface area (Å²) in [4.78, 5) is 28.6. The van der Waals surface area contributed by atoms with Crippen molar-refractivity contribution < 1.29 is 32.1 Å². The third-order valence-corrected chi connectivity index (χ3v) is 7.13. The minimum atomic E-state index is -4.61. The van der Waals surface area contributed by atoms with E-state index in [9.17, 15) is 22.8 Å². The van der Waals surface area contributed by atoms with Gasteiger partial charge in [-0.1, -0.05) is 11.6 Å². The summed E-state index contributed by atoms with van der Waals surface area (Å²) >= 11 is 0. The zero-order chi connectivity index (χ0) is 26.6. The van der Waals surface area contributed by atoms with Crippen molar-refractivity contribution in [2.45, 2.75) is 52.0 Å². The number of nitrogens with zero attached hydrogens (tertiary/aromatic N) is 2. The first-order valence-electron chi connectivity index (χ1n) is 11.6. The SMILES string of the molecule is Cc1ccc(C(=O)Nc2cc(C(F)(F)F)ccc2N2CCN(C)C2=O)cc1B1OC(C)(C)C(C)(C)O1. The minimum absolute atomic E-state index is 0.101. The molecule has 1 N–H and O–H groups in total. The van der Waals surface area contributed by atoms with Crippen LogP contribution in [-0.4, -0.2) is 55.3 Å². The summed E-state index contributed by atoms with van der Waals surface area (Å²) in [7, 11) is 0.901. The largest absolute Gasteiger partial charge is 0.495 e. The Bertz CT molecular complexity index is 1200. The van der Waals surface area contributed by atoms with Crippen LogP contribution in [-0.2, 0) is 15.5 Å². The highest BCUT2D eigenvalue weighted by Crippen LogP contribution is 2.38. The summed E-state index contributed by atoms with van der Waals surface area (Å²) in [6.45, 7) is 10.3. The monoisotopic (exact) mass is 503 g/mol. The molecule has 0 saturated carbocycles. The van der Waals surface area contributed by atoms with E-state index in [1.807, 2.05) is 34.6 Å². The molecule has 0 bridgehead atoms. The second-order valence-corrected chi connectivity index (χ2v) is 10.2. The molecule has 0 atom stereocenters. The number of carbonyl (C=O) groups is 2. The summed E-state index contributed by atoms with van der Waals surface area (Å²) in [5, 5.41) is 2.59. The second kappa shape index (κ2) is 8.81. The van der Waals surface area contributed by atoms with Gasteiger partial charge in [0, 0.05) is 25.7 Å². The molecule has 4 rings (SSSR count). The van der Waals surface area contributed by atoms with E-state index in [0.717, 1.165) is 17.7 Å². The molecule has 2 heterocycles. The molecule has 2 aromatic carbocycles. The molecule has 2 aliphatic heterocycles. The van der Waals surface area contributed by atoms with Crippen molar-refractivity contribution in [2.75, 3.05) is 30.4 Å². The van der Waals surface area contributed by atoms with Gasteiger partial charge >= 0.3 is 19.3 Å². The molecular weight excluding hydrogens is 474 g/mol. The van der Waals surface area contributed by atoms with Gasteiger partial charge in [0.25, 0.3) is 5.91 Å². The molecule has 2 aromatic rings. The molecule has 0 unspecified atom stereocenters. The van der Waals surface area contributed by atoms with Gasteiger partial charge in [0.15, 0.2) is 0 Å². The average molecular weight is 503 g/mol. The number of rotatable bonds is 4. The van der Waals surface area contributed by atoms with Crippen LogP contribution in [0.4, 0.5) is 29.3 Å². The van der Waals surface area contributed by atoms with Crippen LogP contribution in [0.1, 0.15) is 49.2 Å². The van der Waals surface area contributed by atoms with E-state index in [1.54, 1.807) is 25.2 Å². The smallest absolute Gasteiger partial charge is 0.399 e. The van der Waals surface area contributed by atoms with Crippen molar-refractivity contribution >= 4 is 35.9 Å². The van der Waals surface area contributed by atoms with Crippen LogP contribution in [0.2, 0.25) is 0 Å². The minimum Gasteiger partial charge on any atom is -0.399 e. The van der Waals surface area contributed by atoms with Gasteiger partial charge in [-0.15, -0.1) is 0 Å². The van der Waals surface area contributed by atoms with E-state index in [4.69, 9.17) is 9.31 Å². The third-order valence-electron chi connectivity index (χ3n) is 7.13. The van der Waals surface area contributed by atoms with Crippen LogP contribution in [0.5, 0.6) is 0 Å². The molecule has 7 nitrogen and oxygen atoms in total. The lowest BCUT2D eigenvalue weighted by Crippen LogP contribution is -2.41. The molecular formula is C25H29BF3N3O4. The number of aryl methyl sites for hydroxylation is 1. The molecule has 3 amide bonds. The number of carbonyl (C=O) groups excluding carboxylic acids is 2. The maximum atomic E-state index is 13.4. The van der Waals surface area contributed by atoms with Gasteiger partial charge in [-0.25, -0.2) is 4.79 Å². The highest BCUT2D eigenvalue weighted by Gasteiger charge is 2.52. The van der Waals surface area contributed by atoms with Gasteiger partial charge in [0.2, 0.25) is 0 Å². The highest BCUT2D eigenvalue weighted by molar-refractivity contribution is 6.62. The lowest BCUT2D eigenvalue weighted by molar-refractivity contribution is -0.137. The summed E-state index contributed by atoms with van der Waals surface area (Å²) in [6, 6.07) is 7.54. The van der Waals surface area contributed by atoms with Gasteiger partial charge in [-0.2, -0.15) is 13.2 Å². The maximum absolute atomic E-state index is 13.4. The summed E-state index contributed by atoms with van der Waals surface area (Å²) < 4.78 is 52.6. The van der Waals surface area contributed by atoms with Crippen LogP contribution in [0.15, 0.2) is 36.4 Å². The van der Waals surface area contributed by atoms with Crippen LogP contribution >= 0.6 is 0 Å². The Balaban J connectivity index is 1.67. The molecule has 0 radical (unpaired) electrons. The molecule has 2 fully saturated rings. The first-order valence-corrected chi connectivity index (χ1v) is 11.6. The van der Waals surface area contributed by atoms with E-state index in [1.165, 1.54) is 15.9 Å². The molecule has 0 aromatic heterocycles. The van der Waals surface area contributed by atoms with Crippen molar-refractivity contribution in [3.05, 3.63) is 53.1 Å². The molecule has 2 aliphatic rings. The van der Waals surface area contributed by atoms with Gasteiger partial charge < -0.3 is 19.5 Å². The normalized spacial score (nSPS) is 19.2. The highest BCUT2D eigenvalue weighted by atomic mass is 19.4. The van der Waals surface area contributed by atoms with E-state index >= 15 is 0 Å². The van der Waals surface area contributed by atoms with Gasteiger partial charge in [-0.05, 0) is 70.4 Å². The number of hydrogen-bond donors (Lipinski definition) is 1. The van der Waals surface area contributed by atoms with Crippen LogP contribution in [0, 0.1) is 6.92 Å². The van der Waals surface area contributed by atoms with Crippen molar-refractivity contribution in [3.8, 4) is 0 Å². The Morgan fingerprint density at radius 3 is 2.22 bits per heavy atom. The predicted molar refractivity (Wildman–Crippen MR) is 132 cm³/mol. The molecule has 0 aliphatic carbocycles. The zero-order valence-corrected chi connectivity index (χ0v) is 21.1. The fourth-order valence-corrected chi connectivity index (χ4v) is 4.12.